The molecule has 1 amide bonds. The minimum Gasteiger partial charge on any atom is -0.357 e. The topological polar surface area (TPSA) is 56.7 Å². The fourth-order valence-corrected chi connectivity index (χ4v) is 1.10. The monoisotopic (exact) mass is 278 g/mol. The van der Waals surface area contributed by atoms with E-state index in [-0.39, 0.29) is 19.0 Å². The fraction of sp³-hybridized carbons (Fsp3) is 0.636. The van der Waals surface area contributed by atoms with E-state index in [0.717, 1.165) is 7.05 Å². The molecule has 0 aliphatic rings. The molecule has 0 saturated heterocycles. The number of guanidine groups is 1. The van der Waals surface area contributed by atoms with Crippen LogP contribution in [0.3, 0.4) is 0 Å². The third kappa shape index (κ3) is 8.77. The molecular formula is C11H17F3N4O. The second-order valence-electron chi connectivity index (χ2n) is 3.62. The maximum atomic E-state index is 12.1. The van der Waals surface area contributed by atoms with Crippen LogP contribution in [0.2, 0.25) is 0 Å². The number of amides is 1. The maximum Gasteiger partial charge on any atom is 0.406 e. The highest BCUT2D eigenvalue weighted by Gasteiger charge is 2.30. The van der Waals surface area contributed by atoms with E-state index < -0.39 is 18.6 Å². The van der Waals surface area contributed by atoms with Crippen LogP contribution in [0.1, 0.15) is 6.92 Å². The molecule has 2 N–H and O–H groups in total. The lowest BCUT2D eigenvalue weighted by atomic mass is 10.5. The van der Waals surface area contributed by atoms with E-state index in [1.54, 1.807) is 0 Å². The Hall–Kier alpha value is -1.91. The normalized spacial score (nSPS) is 11.7. The van der Waals surface area contributed by atoms with E-state index in [4.69, 9.17) is 6.42 Å². The summed E-state index contributed by atoms with van der Waals surface area (Å²) in [5.74, 6) is 1.88. The number of nitrogens with one attached hydrogen (secondary N) is 2. The molecule has 108 valence electrons. The van der Waals surface area contributed by atoms with Gasteiger partial charge in [0.1, 0.15) is 13.1 Å². The number of rotatable bonds is 5. The Morgan fingerprint density at radius 2 is 2.05 bits per heavy atom. The van der Waals surface area contributed by atoms with Crippen molar-refractivity contribution >= 4 is 11.9 Å². The van der Waals surface area contributed by atoms with Crippen molar-refractivity contribution in [1.29, 1.82) is 0 Å². The molecule has 19 heavy (non-hydrogen) atoms. The summed E-state index contributed by atoms with van der Waals surface area (Å²) in [6.45, 7) is 0.883. The van der Waals surface area contributed by atoms with Gasteiger partial charge < -0.3 is 15.5 Å². The van der Waals surface area contributed by atoms with Gasteiger partial charge >= 0.3 is 6.18 Å². The van der Waals surface area contributed by atoms with E-state index >= 15 is 0 Å². The lowest BCUT2D eigenvalue weighted by molar-refractivity contribution is -0.157. The molecule has 0 rings (SSSR count). The highest BCUT2D eigenvalue weighted by molar-refractivity contribution is 5.84. The van der Waals surface area contributed by atoms with Gasteiger partial charge in [0, 0.05) is 13.6 Å². The van der Waals surface area contributed by atoms with Crippen LogP contribution in [0.5, 0.6) is 0 Å². The van der Waals surface area contributed by atoms with Gasteiger partial charge in [-0.25, -0.2) is 4.99 Å². The van der Waals surface area contributed by atoms with Gasteiger partial charge in [-0.15, -0.1) is 6.42 Å². The Balaban J connectivity index is 4.39. The first-order valence-electron chi connectivity index (χ1n) is 5.56. The van der Waals surface area contributed by atoms with E-state index in [2.05, 4.69) is 21.5 Å². The molecule has 0 spiro atoms. The standard InChI is InChI=1S/C11H17F3N4O/c1-4-6-16-10(15-5-2)17-7-9(19)18(3)8-11(12,13)14/h1H,5-8H2,2-3H3,(H2,15,16,17). The average Bonchev–Trinajstić information content (AvgIpc) is 2.30. The number of hydrogen-bond donors (Lipinski definition) is 2. The number of hydrogen-bond acceptors (Lipinski definition) is 2. The predicted molar refractivity (Wildman–Crippen MR) is 66.5 cm³/mol. The van der Waals surface area contributed by atoms with Crippen molar-refractivity contribution in [3.8, 4) is 12.3 Å². The van der Waals surface area contributed by atoms with Crippen molar-refractivity contribution in [2.45, 2.75) is 13.1 Å². The van der Waals surface area contributed by atoms with Gasteiger partial charge in [-0.05, 0) is 6.92 Å². The third-order valence-corrected chi connectivity index (χ3v) is 1.92. The van der Waals surface area contributed by atoms with Gasteiger partial charge in [0.2, 0.25) is 5.91 Å². The van der Waals surface area contributed by atoms with Crippen molar-refractivity contribution in [3.63, 3.8) is 0 Å². The van der Waals surface area contributed by atoms with Crippen LogP contribution in [-0.4, -0.2) is 56.2 Å². The van der Waals surface area contributed by atoms with E-state index in [1.807, 2.05) is 6.92 Å². The SMILES string of the molecule is C#CCNC(=NCC(=O)N(C)CC(F)(F)F)NCC. The number of carbonyl (C=O) groups excluding carboxylic acids is 1. The van der Waals surface area contributed by atoms with Crippen molar-refractivity contribution in [1.82, 2.24) is 15.5 Å². The maximum absolute atomic E-state index is 12.1. The molecule has 5 nitrogen and oxygen atoms in total. The number of carbonyl (C=O) groups is 1. The van der Waals surface area contributed by atoms with Gasteiger partial charge in [-0.3, -0.25) is 4.79 Å². The molecule has 0 saturated carbocycles. The summed E-state index contributed by atoms with van der Waals surface area (Å²) in [6, 6.07) is 0. The second-order valence-corrected chi connectivity index (χ2v) is 3.62. The summed E-state index contributed by atoms with van der Waals surface area (Å²) in [4.78, 5) is 15.8. The van der Waals surface area contributed by atoms with Crippen LogP contribution in [0.4, 0.5) is 13.2 Å². The van der Waals surface area contributed by atoms with Crippen LogP contribution >= 0.6 is 0 Å². The number of alkyl halides is 3. The molecule has 0 radical (unpaired) electrons. The summed E-state index contributed by atoms with van der Waals surface area (Å²) in [5, 5.41) is 5.53. The zero-order chi connectivity index (χ0) is 14.9. The van der Waals surface area contributed by atoms with E-state index in [0.29, 0.717) is 11.4 Å². The number of aliphatic imine (C=N–C) groups is 1. The van der Waals surface area contributed by atoms with Gasteiger partial charge in [-0.2, -0.15) is 13.2 Å². The minimum atomic E-state index is -4.42. The quantitative estimate of drug-likeness (QED) is 0.429. The third-order valence-electron chi connectivity index (χ3n) is 1.92. The second kappa shape index (κ2) is 8.24. The molecule has 0 aromatic carbocycles. The minimum absolute atomic E-state index is 0.207. The Labute approximate surface area is 110 Å². The molecule has 0 unspecified atom stereocenters. The number of likely N-dealkylation sites (N-methyl/N-ethyl adjacent to an activating group) is 1. The van der Waals surface area contributed by atoms with Crippen LogP contribution in [0.15, 0.2) is 4.99 Å². The molecule has 0 aromatic rings. The van der Waals surface area contributed by atoms with Gasteiger partial charge in [0.15, 0.2) is 5.96 Å². The molecule has 0 atom stereocenters. The average molecular weight is 278 g/mol. The Morgan fingerprint density at radius 1 is 1.42 bits per heavy atom. The van der Waals surface area contributed by atoms with Crippen molar-refractivity contribution in [2.24, 2.45) is 4.99 Å². The van der Waals surface area contributed by atoms with Gasteiger partial charge in [0.05, 0.1) is 6.54 Å². The first kappa shape index (κ1) is 17.1. The lowest BCUT2D eigenvalue weighted by Gasteiger charge is -2.18. The van der Waals surface area contributed by atoms with E-state index in [1.165, 1.54) is 0 Å². The summed E-state index contributed by atoms with van der Waals surface area (Å²) in [5.41, 5.74) is 0. The highest BCUT2D eigenvalue weighted by atomic mass is 19.4. The van der Waals surface area contributed by atoms with Crippen molar-refractivity contribution in [2.75, 3.05) is 33.2 Å². The summed E-state index contributed by atoms with van der Waals surface area (Å²) >= 11 is 0. The van der Waals surface area contributed by atoms with Gasteiger partial charge in [0.25, 0.3) is 0 Å². The van der Waals surface area contributed by atoms with Crippen molar-refractivity contribution < 1.29 is 18.0 Å². The van der Waals surface area contributed by atoms with Crippen molar-refractivity contribution in [3.05, 3.63) is 0 Å². The summed E-state index contributed by atoms with van der Waals surface area (Å²) in [6.07, 6.45) is 0.635. The number of halogens is 3. The zero-order valence-electron chi connectivity index (χ0n) is 10.8. The molecule has 0 aliphatic heterocycles. The highest BCUT2D eigenvalue weighted by Crippen LogP contribution is 2.15. The number of nitrogens with zero attached hydrogens (tertiary/aromatic N) is 2. The largest absolute Gasteiger partial charge is 0.406 e. The smallest absolute Gasteiger partial charge is 0.357 e. The molecule has 8 heteroatoms. The molecule has 0 heterocycles. The Bertz CT molecular complexity index is 360. The van der Waals surface area contributed by atoms with E-state index in [9.17, 15) is 18.0 Å². The first-order valence-corrected chi connectivity index (χ1v) is 5.56. The number of terminal acetylenes is 1. The lowest BCUT2D eigenvalue weighted by Crippen LogP contribution is -2.40. The van der Waals surface area contributed by atoms with Crippen LogP contribution in [0, 0.1) is 12.3 Å². The molecule has 0 fully saturated rings. The predicted octanol–water partition coefficient (Wildman–Crippen LogP) is 0.195. The summed E-state index contributed by atoms with van der Waals surface area (Å²) in [7, 11) is 1.08. The first-order chi connectivity index (χ1) is 8.80. The molecular weight excluding hydrogens is 261 g/mol. The van der Waals surface area contributed by atoms with Crippen LogP contribution in [0.25, 0.3) is 0 Å². The Kier molecular flexibility index (Phi) is 7.41. The zero-order valence-corrected chi connectivity index (χ0v) is 10.8. The summed E-state index contributed by atoms with van der Waals surface area (Å²) < 4.78 is 36.2. The van der Waals surface area contributed by atoms with Crippen LogP contribution in [-0.2, 0) is 4.79 Å². The Morgan fingerprint density at radius 3 is 2.53 bits per heavy atom. The van der Waals surface area contributed by atoms with Crippen LogP contribution < -0.4 is 10.6 Å². The van der Waals surface area contributed by atoms with Gasteiger partial charge in [-0.1, -0.05) is 5.92 Å². The molecule has 0 aromatic heterocycles. The fourth-order valence-electron chi connectivity index (χ4n) is 1.10. The molecule has 0 aliphatic carbocycles. The molecule has 0 bridgehead atoms.